The largest absolute Gasteiger partial charge is 0.481 e. The van der Waals surface area contributed by atoms with Crippen LogP contribution >= 0.6 is 0 Å². The molecule has 0 aromatic rings. The maximum Gasteiger partial charge on any atom is 0.303 e. The Morgan fingerprint density at radius 2 is 1.86 bits per heavy atom. The zero-order valence-electron chi connectivity index (χ0n) is 8.92. The topological polar surface area (TPSA) is 37.3 Å². The van der Waals surface area contributed by atoms with Crippen LogP contribution in [0.3, 0.4) is 0 Å². The lowest BCUT2D eigenvalue weighted by atomic mass is 9.80. The molecule has 0 aliphatic heterocycles. The Kier molecular flexibility index (Phi) is 3.93. The highest BCUT2D eigenvalue weighted by Crippen LogP contribution is 2.34. The van der Waals surface area contributed by atoms with Crippen molar-refractivity contribution in [3.8, 4) is 0 Å². The van der Waals surface area contributed by atoms with Gasteiger partial charge in [0.05, 0.1) is 0 Å². The Morgan fingerprint density at radius 3 is 2.21 bits per heavy atom. The van der Waals surface area contributed by atoms with E-state index in [9.17, 15) is 4.79 Å². The second-order valence-electron chi connectivity index (χ2n) is 3.94. The zero-order chi connectivity index (χ0) is 10.6. The van der Waals surface area contributed by atoms with E-state index >= 15 is 0 Å². The van der Waals surface area contributed by atoms with Crippen LogP contribution in [0.15, 0.2) is 23.3 Å². The van der Waals surface area contributed by atoms with Crippen LogP contribution in [0.5, 0.6) is 0 Å². The van der Waals surface area contributed by atoms with Gasteiger partial charge in [0.1, 0.15) is 0 Å². The fourth-order valence-electron chi connectivity index (χ4n) is 2.08. The van der Waals surface area contributed by atoms with Crippen molar-refractivity contribution >= 4 is 5.97 Å². The molecule has 0 saturated heterocycles. The van der Waals surface area contributed by atoms with Crippen LogP contribution in [0.4, 0.5) is 0 Å². The summed E-state index contributed by atoms with van der Waals surface area (Å²) in [6, 6.07) is 0. The van der Waals surface area contributed by atoms with Crippen molar-refractivity contribution in [1.82, 2.24) is 0 Å². The molecule has 1 saturated carbocycles. The van der Waals surface area contributed by atoms with E-state index in [0.717, 1.165) is 19.3 Å². The van der Waals surface area contributed by atoms with Gasteiger partial charge in [-0.3, -0.25) is 4.79 Å². The summed E-state index contributed by atoms with van der Waals surface area (Å²) in [5.74, 6) is -0.374. The number of hydrogen-bond acceptors (Lipinski definition) is 1. The number of rotatable bonds is 2. The van der Waals surface area contributed by atoms with E-state index in [-0.39, 0.29) is 0 Å². The van der Waals surface area contributed by atoms with Gasteiger partial charge in [-0.1, -0.05) is 23.3 Å². The number of carboxylic acids is 1. The molecule has 1 atom stereocenters. The lowest BCUT2D eigenvalue weighted by molar-refractivity contribution is -0.138. The Morgan fingerprint density at radius 1 is 1.36 bits per heavy atom. The molecule has 1 rings (SSSR count). The van der Waals surface area contributed by atoms with Gasteiger partial charge in [0.25, 0.3) is 0 Å². The molecule has 1 fully saturated rings. The first-order valence-corrected chi connectivity index (χ1v) is 5.15. The smallest absolute Gasteiger partial charge is 0.303 e. The molecule has 0 radical (unpaired) electrons. The third-order valence-corrected chi connectivity index (χ3v) is 2.84. The molecule has 14 heavy (non-hydrogen) atoms. The quantitative estimate of drug-likeness (QED) is 0.685. The van der Waals surface area contributed by atoms with E-state index in [0.29, 0.717) is 12.3 Å². The maximum atomic E-state index is 10.6. The number of carbonyl (C=O) groups is 1. The monoisotopic (exact) mass is 194 g/mol. The van der Waals surface area contributed by atoms with E-state index in [1.165, 1.54) is 11.1 Å². The van der Waals surface area contributed by atoms with Crippen LogP contribution in [-0.4, -0.2) is 11.1 Å². The number of aliphatic carboxylic acids is 1. The Balaban J connectivity index is 2.65. The normalized spacial score (nSPS) is 28.3. The average molecular weight is 194 g/mol. The molecule has 0 spiro atoms. The van der Waals surface area contributed by atoms with Gasteiger partial charge in [0.2, 0.25) is 0 Å². The predicted molar refractivity (Wildman–Crippen MR) is 57.1 cm³/mol. The first kappa shape index (κ1) is 11.0. The minimum Gasteiger partial charge on any atom is -0.481 e. The molecule has 0 aromatic heterocycles. The van der Waals surface area contributed by atoms with Crippen LogP contribution < -0.4 is 0 Å². The Labute approximate surface area is 85.3 Å². The van der Waals surface area contributed by atoms with Crippen molar-refractivity contribution < 1.29 is 9.90 Å². The molecule has 2 heteroatoms. The van der Waals surface area contributed by atoms with Crippen LogP contribution in [-0.2, 0) is 4.79 Å². The molecule has 78 valence electrons. The van der Waals surface area contributed by atoms with E-state index in [1.807, 2.05) is 13.8 Å². The van der Waals surface area contributed by atoms with Crippen LogP contribution in [0.1, 0.15) is 39.5 Å². The van der Waals surface area contributed by atoms with Gasteiger partial charge >= 0.3 is 5.97 Å². The summed E-state index contributed by atoms with van der Waals surface area (Å²) in [6.07, 6.45) is 7.51. The van der Waals surface area contributed by atoms with Gasteiger partial charge in [0.15, 0.2) is 0 Å². The molecule has 0 heterocycles. The van der Waals surface area contributed by atoms with Crippen molar-refractivity contribution in [1.29, 1.82) is 0 Å². The van der Waals surface area contributed by atoms with Crippen LogP contribution in [0.25, 0.3) is 0 Å². The van der Waals surface area contributed by atoms with Crippen molar-refractivity contribution in [2.75, 3.05) is 0 Å². The summed E-state index contributed by atoms with van der Waals surface area (Å²) in [5.41, 5.74) is 2.77. The number of carboxylic acid groups (broad SMARTS) is 1. The van der Waals surface area contributed by atoms with E-state index in [4.69, 9.17) is 5.11 Å². The molecule has 0 aromatic carbocycles. The first-order chi connectivity index (χ1) is 6.65. The van der Waals surface area contributed by atoms with E-state index in [1.54, 1.807) is 0 Å². The van der Waals surface area contributed by atoms with Gasteiger partial charge in [0, 0.05) is 6.42 Å². The Hall–Kier alpha value is -1.05. The minimum atomic E-state index is -0.678. The molecule has 1 unspecified atom stereocenters. The lowest BCUT2D eigenvalue weighted by Crippen LogP contribution is -2.14. The summed E-state index contributed by atoms with van der Waals surface area (Å²) >= 11 is 0. The number of allylic oxidation sites excluding steroid dienone is 4. The second kappa shape index (κ2) is 4.99. The standard InChI is InChI=1S/C12H18O2/c1-3-9-5-10(4-2)7-11(6-9)8-12(13)14/h3-4,11H,5-8H2,1-2H3,(H,13,14)/b9-3-,10-4+. The van der Waals surface area contributed by atoms with E-state index < -0.39 is 5.97 Å². The fraction of sp³-hybridized carbons (Fsp3) is 0.583. The van der Waals surface area contributed by atoms with E-state index in [2.05, 4.69) is 12.2 Å². The lowest BCUT2D eigenvalue weighted by Gasteiger charge is -2.25. The molecule has 1 N–H and O–H groups in total. The molecule has 0 amide bonds. The third-order valence-electron chi connectivity index (χ3n) is 2.84. The summed E-state index contributed by atoms with van der Waals surface area (Å²) in [7, 11) is 0. The molecule has 1 aliphatic carbocycles. The molecular formula is C12H18O2. The fourth-order valence-corrected chi connectivity index (χ4v) is 2.08. The minimum absolute atomic E-state index is 0.300. The summed E-state index contributed by atoms with van der Waals surface area (Å²) in [4.78, 5) is 10.6. The van der Waals surface area contributed by atoms with Gasteiger partial charge < -0.3 is 5.11 Å². The van der Waals surface area contributed by atoms with Gasteiger partial charge in [-0.25, -0.2) is 0 Å². The van der Waals surface area contributed by atoms with Crippen LogP contribution in [0.2, 0.25) is 0 Å². The summed E-state index contributed by atoms with van der Waals surface area (Å²) in [5, 5.41) is 8.74. The summed E-state index contributed by atoms with van der Waals surface area (Å²) < 4.78 is 0. The first-order valence-electron chi connectivity index (χ1n) is 5.15. The van der Waals surface area contributed by atoms with Crippen molar-refractivity contribution in [3.05, 3.63) is 23.3 Å². The maximum absolute atomic E-state index is 10.6. The van der Waals surface area contributed by atoms with Gasteiger partial charge in [-0.2, -0.15) is 0 Å². The highest BCUT2D eigenvalue weighted by molar-refractivity contribution is 5.67. The molecule has 1 aliphatic rings. The van der Waals surface area contributed by atoms with Gasteiger partial charge in [-0.05, 0) is 39.0 Å². The van der Waals surface area contributed by atoms with Crippen molar-refractivity contribution in [2.45, 2.75) is 39.5 Å². The van der Waals surface area contributed by atoms with Crippen molar-refractivity contribution in [2.24, 2.45) is 5.92 Å². The number of hydrogen-bond donors (Lipinski definition) is 1. The summed E-state index contributed by atoms with van der Waals surface area (Å²) in [6.45, 7) is 4.07. The van der Waals surface area contributed by atoms with Gasteiger partial charge in [-0.15, -0.1) is 0 Å². The zero-order valence-corrected chi connectivity index (χ0v) is 8.92. The van der Waals surface area contributed by atoms with Crippen molar-refractivity contribution in [3.63, 3.8) is 0 Å². The molecular weight excluding hydrogens is 176 g/mol. The predicted octanol–water partition coefficient (Wildman–Crippen LogP) is 3.15. The highest BCUT2D eigenvalue weighted by Gasteiger charge is 2.21. The Bertz CT molecular complexity index is 254. The average Bonchev–Trinajstić information content (AvgIpc) is 2.16. The second-order valence-corrected chi connectivity index (χ2v) is 3.94. The SMILES string of the molecule is C/C=C1\C/C(=C/C)CC(CC(=O)O)C1. The third kappa shape index (κ3) is 3.02. The van der Waals surface area contributed by atoms with Crippen LogP contribution in [0, 0.1) is 5.92 Å². The molecule has 0 bridgehead atoms. The highest BCUT2D eigenvalue weighted by atomic mass is 16.4. The molecule has 2 nitrogen and oxygen atoms in total.